The number of nitrogens with one attached hydrogen (secondary N) is 1. The molecule has 0 aliphatic rings. The number of ether oxygens (including phenoxy) is 2. The molecule has 0 aliphatic carbocycles. The topological polar surface area (TPSA) is 50.7 Å². The van der Waals surface area contributed by atoms with Crippen LogP contribution >= 0.6 is 11.6 Å². The smallest absolute Gasteiger partial charge is 0.145 e. The highest BCUT2D eigenvalue weighted by Crippen LogP contribution is 2.36. The molecule has 0 heterocycles. The molecule has 0 saturated carbocycles. The number of hydrogen-bond donors (Lipinski definition) is 2. The molecule has 1 rings (SSSR count). The first-order chi connectivity index (χ1) is 8.99. The second kappa shape index (κ2) is 6.87. The van der Waals surface area contributed by atoms with Crippen molar-refractivity contribution in [2.75, 3.05) is 32.7 Å². The maximum Gasteiger partial charge on any atom is 0.145 e. The molecule has 0 aromatic heterocycles. The van der Waals surface area contributed by atoms with Gasteiger partial charge in [0.15, 0.2) is 0 Å². The van der Waals surface area contributed by atoms with Gasteiger partial charge in [-0.1, -0.05) is 25.4 Å². The molecule has 1 aromatic rings. The molecule has 0 radical (unpaired) electrons. The summed E-state index contributed by atoms with van der Waals surface area (Å²) in [5.74, 6) is 1.24. The number of benzene rings is 1. The van der Waals surface area contributed by atoms with Crippen LogP contribution in [0.5, 0.6) is 11.5 Å². The Morgan fingerprint density at radius 3 is 2.37 bits per heavy atom. The molecule has 1 unspecified atom stereocenters. The van der Waals surface area contributed by atoms with Gasteiger partial charge in [-0.2, -0.15) is 0 Å². The number of aliphatic hydroxyl groups is 1. The van der Waals surface area contributed by atoms with Crippen molar-refractivity contribution in [2.45, 2.75) is 20.3 Å². The monoisotopic (exact) mass is 287 g/mol. The third kappa shape index (κ3) is 3.91. The quantitative estimate of drug-likeness (QED) is 0.809. The van der Waals surface area contributed by atoms with Crippen molar-refractivity contribution in [1.29, 1.82) is 0 Å². The second-order valence-electron chi connectivity index (χ2n) is 4.86. The molecule has 5 heteroatoms. The molecule has 1 aromatic carbocycles. The standard InChI is InChI=1S/C14H22ClNO3/c1-5-14(2,9-17)8-16-11-6-10(15)12(18-3)7-13(11)19-4/h6-7,16-17H,5,8-9H2,1-4H3. The van der Waals surface area contributed by atoms with Gasteiger partial charge in [-0.3, -0.25) is 0 Å². The molecular formula is C14H22ClNO3. The highest BCUT2D eigenvalue weighted by atomic mass is 35.5. The molecule has 1 atom stereocenters. The molecule has 2 N–H and O–H groups in total. The lowest BCUT2D eigenvalue weighted by Gasteiger charge is -2.27. The fourth-order valence-electron chi connectivity index (χ4n) is 1.60. The summed E-state index contributed by atoms with van der Waals surface area (Å²) < 4.78 is 10.5. The molecule has 0 fully saturated rings. The zero-order chi connectivity index (χ0) is 14.5. The summed E-state index contributed by atoms with van der Waals surface area (Å²) in [6.07, 6.45) is 0.878. The van der Waals surface area contributed by atoms with Crippen molar-refractivity contribution >= 4 is 17.3 Å². The van der Waals surface area contributed by atoms with Crippen molar-refractivity contribution in [3.05, 3.63) is 17.2 Å². The molecule has 0 saturated heterocycles. The summed E-state index contributed by atoms with van der Waals surface area (Å²) in [4.78, 5) is 0. The van der Waals surface area contributed by atoms with Gasteiger partial charge in [0.05, 0.1) is 31.5 Å². The lowest BCUT2D eigenvalue weighted by atomic mass is 9.88. The van der Waals surface area contributed by atoms with E-state index in [0.29, 0.717) is 23.1 Å². The Kier molecular flexibility index (Phi) is 5.76. The molecule has 0 spiro atoms. The average Bonchev–Trinajstić information content (AvgIpc) is 2.44. The summed E-state index contributed by atoms with van der Waals surface area (Å²) in [6, 6.07) is 3.51. The van der Waals surface area contributed by atoms with E-state index in [2.05, 4.69) is 12.2 Å². The zero-order valence-corrected chi connectivity index (χ0v) is 12.7. The van der Waals surface area contributed by atoms with Crippen LogP contribution < -0.4 is 14.8 Å². The van der Waals surface area contributed by atoms with Crippen LogP contribution in [0.25, 0.3) is 0 Å². The van der Waals surface area contributed by atoms with Crippen LogP contribution in [0.15, 0.2) is 12.1 Å². The van der Waals surface area contributed by atoms with E-state index in [1.54, 1.807) is 26.4 Å². The minimum absolute atomic E-state index is 0.128. The van der Waals surface area contributed by atoms with Crippen LogP contribution in [-0.2, 0) is 0 Å². The maximum absolute atomic E-state index is 9.41. The number of anilines is 1. The van der Waals surface area contributed by atoms with Gasteiger partial charge in [0, 0.05) is 18.0 Å². The summed E-state index contributed by atoms with van der Waals surface area (Å²) in [7, 11) is 3.16. The Balaban J connectivity index is 2.92. The van der Waals surface area contributed by atoms with E-state index < -0.39 is 0 Å². The SMILES string of the molecule is CCC(C)(CO)CNc1cc(Cl)c(OC)cc1OC. The van der Waals surface area contributed by atoms with Gasteiger partial charge in [0.2, 0.25) is 0 Å². The third-order valence-corrected chi connectivity index (χ3v) is 3.71. The van der Waals surface area contributed by atoms with Crippen molar-refractivity contribution in [2.24, 2.45) is 5.41 Å². The first kappa shape index (κ1) is 15.9. The fraction of sp³-hybridized carbons (Fsp3) is 0.571. The molecule has 19 heavy (non-hydrogen) atoms. The Labute approximate surface area is 119 Å². The van der Waals surface area contributed by atoms with Gasteiger partial charge < -0.3 is 19.9 Å². The predicted octanol–water partition coefficient (Wildman–Crippen LogP) is 3.18. The maximum atomic E-state index is 9.41. The Morgan fingerprint density at radius 2 is 1.89 bits per heavy atom. The van der Waals surface area contributed by atoms with Crippen LogP contribution in [-0.4, -0.2) is 32.5 Å². The van der Waals surface area contributed by atoms with E-state index in [9.17, 15) is 5.11 Å². The molecule has 0 bridgehead atoms. The van der Waals surface area contributed by atoms with Gasteiger partial charge in [0.25, 0.3) is 0 Å². The van der Waals surface area contributed by atoms with Gasteiger partial charge in [-0.15, -0.1) is 0 Å². The summed E-state index contributed by atoms with van der Waals surface area (Å²) in [5.41, 5.74) is 0.624. The van der Waals surface area contributed by atoms with Crippen LogP contribution in [0.4, 0.5) is 5.69 Å². The lowest BCUT2D eigenvalue weighted by Crippen LogP contribution is -2.29. The average molecular weight is 288 g/mol. The number of methoxy groups -OCH3 is 2. The van der Waals surface area contributed by atoms with E-state index in [1.165, 1.54) is 0 Å². The van der Waals surface area contributed by atoms with E-state index in [1.807, 2.05) is 6.92 Å². The van der Waals surface area contributed by atoms with Crippen LogP contribution in [0, 0.1) is 5.41 Å². The predicted molar refractivity (Wildman–Crippen MR) is 78.5 cm³/mol. The zero-order valence-electron chi connectivity index (χ0n) is 11.9. The molecular weight excluding hydrogens is 266 g/mol. The van der Waals surface area contributed by atoms with Crippen LogP contribution in [0.2, 0.25) is 5.02 Å². The Hall–Kier alpha value is -1.13. The first-order valence-electron chi connectivity index (χ1n) is 6.26. The minimum atomic E-state index is -0.169. The van der Waals surface area contributed by atoms with Gasteiger partial charge >= 0.3 is 0 Å². The Bertz CT molecular complexity index is 419. The summed E-state index contributed by atoms with van der Waals surface area (Å²) >= 11 is 6.11. The number of aliphatic hydroxyl groups excluding tert-OH is 1. The molecule has 0 aliphatic heterocycles. The van der Waals surface area contributed by atoms with Gasteiger partial charge in [-0.05, 0) is 12.5 Å². The number of rotatable bonds is 7. The van der Waals surface area contributed by atoms with Crippen molar-refractivity contribution in [1.82, 2.24) is 0 Å². The number of hydrogen-bond acceptors (Lipinski definition) is 4. The van der Waals surface area contributed by atoms with Crippen molar-refractivity contribution in [3.63, 3.8) is 0 Å². The van der Waals surface area contributed by atoms with Gasteiger partial charge in [-0.25, -0.2) is 0 Å². The highest BCUT2D eigenvalue weighted by molar-refractivity contribution is 6.32. The van der Waals surface area contributed by atoms with E-state index in [-0.39, 0.29) is 12.0 Å². The molecule has 0 amide bonds. The minimum Gasteiger partial charge on any atom is -0.495 e. The van der Waals surface area contributed by atoms with Crippen LogP contribution in [0.1, 0.15) is 20.3 Å². The fourth-order valence-corrected chi connectivity index (χ4v) is 1.84. The Morgan fingerprint density at radius 1 is 1.26 bits per heavy atom. The second-order valence-corrected chi connectivity index (χ2v) is 5.27. The third-order valence-electron chi connectivity index (χ3n) is 3.41. The van der Waals surface area contributed by atoms with E-state index in [0.717, 1.165) is 12.1 Å². The highest BCUT2D eigenvalue weighted by Gasteiger charge is 2.21. The van der Waals surface area contributed by atoms with Crippen molar-refractivity contribution in [3.8, 4) is 11.5 Å². The normalized spacial score (nSPS) is 13.8. The largest absolute Gasteiger partial charge is 0.495 e. The first-order valence-corrected chi connectivity index (χ1v) is 6.63. The summed E-state index contributed by atoms with van der Waals surface area (Å²) in [5, 5.41) is 13.2. The number of halogens is 1. The van der Waals surface area contributed by atoms with E-state index in [4.69, 9.17) is 21.1 Å². The molecule has 4 nitrogen and oxygen atoms in total. The van der Waals surface area contributed by atoms with Gasteiger partial charge in [0.1, 0.15) is 11.5 Å². The molecule has 108 valence electrons. The van der Waals surface area contributed by atoms with E-state index >= 15 is 0 Å². The van der Waals surface area contributed by atoms with Crippen molar-refractivity contribution < 1.29 is 14.6 Å². The van der Waals surface area contributed by atoms with Crippen LogP contribution in [0.3, 0.4) is 0 Å². The lowest BCUT2D eigenvalue weighted by molar-refractivity contribution is 0.149. The summed E-state index contributed by atoms with van der Waals surface area (Å²) in [6.45, 7) is 4.84.